The zero-order chi connectivity index (χ0) is 13.9. The van der Waals surface area contributed by atoms with Crippen LogP contribution in [0.2, 0.25) is 0 Å². The molecule has 2 rings (SSSR count). The molecule has 0 unspecified atom stereocenters. The molecule has 0 aliphatic carbocycles. The van der Waals surface area contributed by atoms with Crippen LogP contribution >= 0.6 is 0 Å². The Bertz CT molecular complexity index is 196. The summed E-state index contributed by atoms with van der Waals surface area (Å²) in [5.41, 5.74) is 0. The van der Waals surface area contributed by atoms with Gasteiger partial charge in [-0.05, 0) is 0 Å². The van der Waals surface area contributed by atoms with Crippen LogP contribution in [0, 0.1) is 0 Å². The molecule has 104 valence electrons. The fourth-order valence-electron chi connectivity index (χ4n) is 0.642. The standard InChI is InChI=1S/2C5H5.2C3H8N.Zr/c2*1-2-4-5-3-1;2*1-3-4-2;/h2*1-5H;2*3H2,1-2H3;/q4*-1;+4. The van der Waals surface area contributed by atoms with Crippen molar-refractivity contribution in [2.75, 3.05) is 27.2 Å². The molecule has 0 aliphatic rings. The SMILES string of the molecule is CC[N-]C.CC[N-]C.[Zr+4].c1cc[cH-]c1.c1cc[cH-]c1. The molecule has 0 saturated carbocycles. The Balaban J connectivity index is -0.000000178. The van der Waals surface area contributed by atoms with E-state index in [0.29, 0.717) is 0 Å². The van der Waals surface area contributed by atoms with Gasteiger partial charge in [0.1, 0.15) is 0 Å². The number of rotatable bonds is 2. The Hall–Kier alpha value is -0.497. The van der Waals surface area contributed by atoms with Gasteiger partial charge in [0, 0.05) is 0 Å². The molecular formula is C16H26N2Zr. The molecule has 3 heteroatoms. The average molecular weight is 338 g/mol. The van der Waals surface area contributed by atoms with Gasteiger partial charge in [-0.2, -0.15) is 63.6 Å². The second kappa shape index (κ2) is 26.1. The Kier molecular flexibility index (Phi) is 32.5. The van der Waals surface area contributed by atoms with Crippen LogP contribution in [0.5, 0.6) is 0 Å². The van der Waals surface area contributed by atoms with Crippen molar-refractivity contribution in [1.29, 1.82) is 0 Å². The van der Waals surface area contributed by atoms with Crippen LogP contribution in [-0.2, 0) is 26.2 Å². The summed E-state index contributed by atoms with van der Waals surface area (Å²) in [7, 11) is 3.61. The molecule has 0 bridgehead atoms. The number of hydrogen-bond donors (Lipinski definition) is 0. The molecule has 0 spiro atoms. The van der Waals surface area contributed by atoms with Gasteiger partial charge in [-0.15, -0.1) is 0 Å². The van der Waals surface area contributed by atoms with Gasteiger partial charge in [-0.3, -0.25) is 0 Å². The van der Waals surface area contributed by atoms with Crippen molar-refractivity contribution >= 4 is 0 Å². The van der Waals surface area contributed by atoms with E-state index >= 15 is 0 Å². The Morgan fingerprint density at radius 2 is 0.895 bits per heavy atom. The summed E-state index contributed by atoms with van der Waals surface area (Å²) in [5.74, 6) is 0. The van der Waals surface area contributed by atoms with E-state index in [4.69, 9.17) is 0 Å². The van der Waals surface area contributed by atoms with Gasteiger partial charge in [0.25, 0.3) is 0 Å². The maximum absolute atomic E-state index is 3.74. The minimum atomic E-state index is 0. The predicted octanol–water partition coefficient (Wildman–Crippen LogP) is 4.83. The molecule has 0 aromatic heterocycles. The molecule has 0 amide bonds. The summed E-state index contributed by atoms with van der Waals surface area (Å²) in [6.45, 7) is 5.92. The molecule has 0 fully saturated rings. The molecule has 0 saturated heterocycles. The quantitative estimate of drug-likeness (QED) is 0.702. The summed E-state index contributed by atoms with van der Waals surface area (Å²) < 4.78 is 0. The Morgan fingerprint density at radius 1 is 0.684 bits per heavy atom. The van der Waals surface area contributed by atoms with Crippen LogP contribution < -0.4 is 0 Å². The van der Waals surface area contributed by atoms with Crippen LogP contribution in [0.1, 0.15) is 13.8 Å². The van der Waals surface area contributed by atoms with E-state index in [2.05, 4.69) is 10.6 Å². The van der Waals surface area contributed by atoms with E-state index in [9.17, 15) is 0 Å². The second-order valence-electron chi connectivity index (χ2n) is 3.19. The van der Waals surface area contributed by atoms with Crippen molar-refractivity contribution in [3.63, 3.8) is 0 Å². The second-order valence-corrected chi connectivity index (χ2v) is 3.19. The topological polar surface area (TPSA) is 28.2 Å². The van der Waals surface area contributed by atoms with Crippen molar-refractivity contribution in [2.45, 2.75) is 13.8 Å². The largest absolute Gasteiger partial charge is 4.00 e. The van der Waals surface area contributed by atoms with Gasteiger partial charge in [0.05, 0.1) is 0 Å². The van der Waals surface area contributed by atoms with Crippen molar-refractivity contribution in [3.05, 3.63) is 71.3 Å². The van der Waals surface area contributed by atoms with Gasteiger partial charge in [-0.1, -0.05) is 13.8 Å². The third kappa shape index (κ3) is 31.8. The van der Waals surface area contributed by atoms with E-state index < -0.39 is 0 Å². The number of nitrogens with zero attached hydrogens (tertiary/aromatic N) is 2. The summed E-state index contributed by atoms with van der Waals surface area (Å²) in [4.78, 5) is 0. The molecule has 0 aliphatic heterocycles. The smallest absolute Gasteiger partial charge is 0.665 e. The van der Waals surface area contributed by atoms with Crippen LogP contribution in [0.4, 0.5) is 0 Å². The molecule has 2 aromatic rings. The predicted molar refractivity (Wildman–Crippen MR) is 83.7 cm³/mol. The fraction of sp³-hybridized carbons (Fsp3) is 0.375. The number of hydrogen-bond acceptors (Lipinski definition) is 0. The Morgan fingerprint density at radius 3 is 0.947 bits per heavy atom. The van der Waals surface area contributed by atoms with Gasteiger partial charge in [0.2, 0.25) is 0 Å². The zero-order valence-electron chi connectivity index (χ0n) is 12.6. The normalized spacial score (nSPS) is 7.37. The van der Waals surface area contributed by atoms with Crippen molar-refractivity contribution < 1.29 is 26.2 Å². The first kappa shape index (κ1) is 23.6. The van der Waals surface area contributed by atoms with Crippen molar-refractivity contribution in [3.8, 4) is 0 Å². The van der Waals surface area contributed by atoms with E-state index in [0.717, 1.165) is 13.1 Å². The van der Waals surface area contributed by atoms with Crippen LogP contribution in [-0.4, -0.2) is 27.2 Å². The maximum Gasteiger partial charge on any atom is 4.00 e. The molecule has 19 heavy (non-hydrogen) atoms. The minimum Gasteiger partial charge on any atom is -0.665 e. The third-order valence-corrected chi connectivity index (χ3v) is 1.74. The fourth-order valence-corrected chi connectivity index (χ4v) is 0.642. The minimum absolute atomic E-state index is 0. The van der Waals surface area contributed by atoms with Crippen LogP contribution in [0.15, 0.2) is 60.7 Å². The monoisotopic (exact) mass is 336 g/mol. The molecule has 0 N–H and O–H groups in total. The Labute approximate surface area is 138 Å². The van der Waals surface area contributed by atoms with E-state index in [1.165, 1.54) is 0 Å². The summed E-state index contributed by atoms with van der Waals surface area (Å²) in [6.07, 6.45) is 0. The molecule has 2 aromatic carbocycles. The first-order valence-corrected chi connectivity index (χ1v) is 6.27. The molecule has 0 heterocycles. The first-order chi connectivity index (χ1) is 8.83. The first-order valence-electron chi connectivity index (χ1n) is 6.27. The van der Waals surface area contributed by atoms with Gasteiger partial charge < -0.3 is 10.6 Å². The molecule has 0 radical (unpaired) electrons. The van der Waals surface area contributed by atoms with Gasteiger partial charge in [-0.25, -0.2) is 24.3 Å². The molecule has 0 atom stereocenters. The average Bonchev–Trinajstić information content (AvgIpc) is 3.14. The maximum atomic E-state index is 3.74. The zero-order valence-corrected chi connectivity index (χ0v) is 15.0. The van der Waals surface area contributed by atoms with Gasteiger partial charge >= 0.3 is 26.2 Å². The van der Waals surface area contributed by atoms with Crippen LogP contribution in [0.3, 0.4) is 0 Å². The van der Waals surface area contributed by atoms with E-state index in [-0.39, 0.29) is 26.2 Å². The molecule has 2 nitrogen and oxygen atoms in total. The molecular weight excluding hydrogens is 311 g/mol. The van der Waals surface area contributed by atoms with Crippen LogP contribution in [0.25, 0.3) is 10.6 Å². The van der Waals surface area contributed by atoms with E-state index in [1.807, 2.05) is 74.5 Å². The van der Waals surface area contributed by atoms with Gasteiger partial charge in [0.15, 0.2) is 0 Å². The van der Waals surface area contributed by atoms with E-state index in [1.54, 1.807) is 14.1 Å². The van der Waals surface area contributed by atoms with Crippen molar-refractivity contribution in [2.24, 2.45) is 0 Å². The third-order valence-electron chi connectivity index (χ3n) is 1.74. The summed E-state index contributed by atoms with van der Waals surface area (Å²) in [6, 6.07) is 20.0. The summed E-state index contributed by atoms with van der Waals surface area (Å²) >= 11 is 0. The summed E-state index contributed by atoms with van der Waals surface area (Å²) in [5, 5.41) is 7.47. The van der Waals surface area contributed by atoms with Crippen molar-refractivity contribution in [1.82, 2.24) is 0 Å².